The van der Waals surface area contributed by atoms with Gasteiger partial charge in [0.25, 0.3) is 5.69 Å². The maximum Gasteiger partial charge on any atom is 0.337 e. The van der Waals surface area contributed by atoms with Gasteiger partial charge in [0.15, 0.2) is 0 Å². The van der Waals surface area contributed by atoms with Crippen molar-refractivity contribution in [3.63, 3.8) is 0 Å². The number of carbonyl (C=O) groups excluding carboxylic acids is 2. The molecule has 0 saturated carbocycles. The Morgan fingerprint density at radius 1 is 0.898 bits per heavy atom. The third-order valence-electron chi connectivity index (χ3n) is 8.13. The molecular formula is C38H46N4O7. The van der Waals surface area contributed by atoms with Crippen molar-refractivity contribution in [3.05, 3.63) is 129 Å². The molecule has 11 nitrogen and oxygen atoms in total. The Hall–Kier alpha value is -5.00. The van der Waals surface area contributed by atoms with Crippen molar-refractivity contribution in [2.45, 2.75) is 59.2 Å². The number of para-hydroxylation sites is 1. The van der Waals surface area contributed by atoms with Crippen LogP contribution in [0.5, 0.6) is 5.75 Å². The van der Waals surface area contributed by atoms with E-state index in [1.807, 2.05) is 48.5 Å². The lowest BCUT2D eigenvalue weighted by atomic mass is 9.80. The van der Waals surface area contributed by atoms with Crippen LogP contribution in [0.15, 0.2) is 107 Å². The summed E-state index contributed by atoms with van der Waals surface area (Å²) in [6, 6.07) is 26.1. The first-order chi connectivity index (χ1) is 23.5. The minimum absolute atomic E-state index is 0.0805. The lowest BCUT2D eigenvalue weighted by molar-refractivity contribution is -0.384. The van der Waals surface area contributed by atoms with Crippen LogP contribution in [0.4, 0.5) is 5.69 Å². The molecule has 0 spiro atoms. The number of nitrogens with one attached hydrogen (secondary N) is 2. The standard InChI is InChI=1S/C38H46N4O7/c1-26(2)49-38(44)35-29(5)40-28(4)34(36(35)31-15-12-16-32(23-31)42(45)46)37(43)47-22-20-39-19-21-41(24-30-13-8-6-9-14-30)27(3)25-48-33-17-10-7-11-18-33/h6-18,23,26-27,36,39-40H,19-22,24-25H2,1-5H3. The molecule has 11 heteroatoms. The molecule has 3 aromatic rings. The topological polar surface area (TPSA) is 132 Å². The van der Waals surface area contributed by atoms with Gasteiger partial charge in [-0.15, -0.1) is 0 Å². The van der Waals surface area contributed by atoms with Gasteiger partial charge < -0.3 is 24.8 Å². The van der Waals surface area contributed by atoms with Gasteiger partial charge >= 0.3 is 11.9 Å². The van der Waals surface area contributed by atoms with E-state index in [-0.39, 0.29) is 29.5 Å². The van der Waals surface area contributed by atoms with E-state index in [2.05, 4.69) is 34.6 Å². The number of allylic oxidation sites excluding steroid dienone is 2. The smallest absolute Gasteiger partial charge is 0.337 e. The van der Waals surface area contributed by atoms with Crippen LogP contribution in [0, 0.1) is 10.1 Å². The first kappa shape index (κ1) is 36.8. The molecule has 1 heterocycles. The predicted octanol–water partition coefficient (Wildman–Crippen LogP) is 5.88. The maximum absolute atomic E-state index is 13.7. The summed E-state index contributed by atoms with van der Waals surface area (Å²) in [6.45, 7) is 12.2. The summed E-state index contributed by atoms with van der Waals surface area (Å²) in [5.41, 5.74) is 2.86. The van der Waals surface area contributed by atoms with Gasteiger partial charge in [-0.2, -0.15) is 0 Å². The van der Waals surface area contributed by atoms with E-state index in [0.717, 1.165) is 18.8 Å². The van der Waals surface area contributed by atoms with Crippen molar-refractivity contribution in [3.8, 4) is 5.75 Å². The lowest BCUT2D eigenvalue weighted by Gasteiger charge is -2.31. The molecule has 2 N–H and O–H groups in total. The number of non-ortho nitro benzene ring substituents is 1. The van der Waals surface area contributed by atoms with Crippen molar-refractivity contribution in [1.29, 1.82) is 0 Å². The monoisotopic (exact) mass is 670 g/mol. The number of hydrogen-bond acceptors (Lipinski definition) is 10. The fourth-order valence-corrected chi connectivity index (χ4v) is 5.72. The molecule has 49 heavy (non-hydrogen) atoms. The Bertz CT molecular complexity index is 1640. The van der Waals surface area contributed by atoms with Crippen molar-refractivity contribution in [2.75, 3.05) is 32.8 Å². The molecule has 3 aromatic carbocycles. The quantitative estimate of drug-likeness (QED) is 0.0776. The summed E-state index contributed by atoms with van der Waals surface area (Å²) in [7, 11) is 0. The van der Waals surface area contributed by atoms with Crippen molar-refractivity contribution in [2.24, 2.45) is 0 Å². The molecule has 0 amide bonds. The number of carbonyl (C=O) groups is 2. The Balaban J connectivity index is 1.39. The molecule has 0 aromatic heterocycles. The van der Waals surface area contributed by atoms with Gasteiger partial charge in [-0.1, -0.05) is 60.7 Å². The molecule has 0 radical (unpaired) electrons. The second kappa shape index (κ2) is 18.0. The van der Waals surface area contributed by atoms with Gasteiger partial charge in [0.1, 0.15) is 19.0 Å². The highest BCUT2D eigenvalue weighted by atomic mass is 16.6. The number of ether oxygens (including phenoxy) is 3. The van der Waals surface area contributed by atoms with Gasteiger partial charge in [0.05, 0.1) is 28.1 Å². The van der Waals surface area contributed by atoms with Crippen LogP contribution in [0.25, 0.3) is 0 Å². The van der Waals surface area contributed by atoms with Crippen molar-refractivity contribution < 1.29 is 28.7 Å². The SMILES string of the molecule is CC1=C(C(=O)OCCNCCN(Cc2ccccc2)C(C)COc2ccccc2)C(c2cccc([N+](=O)[O-])c2)C(C(=O)OC(C)C)=C(C)N1. The summed E-state index contributed by atoms with van der Waals surface area (Å²) in [5.74, 6) is -1.32. The van der Waals surface area contributed by atoms with E-state index < -0.39 is 28.9 Å². The average molecular weight is 671 g/mol. The van der Waals surface area contributed by atoms with Crippen LogP contribution in [0.2, 0.25) is 0 Å². The van der Waals surface area contributed by atoms with Crippen molar-refractivity contribution in [1.82, 2.24) is 15.5 Å². The van der Waals surface area contributed by atoms with Crippen LogP contribution in [-0.2, 0) is 25.6 Å². The number of nitro benzene ring substituents is 1. The summed E-state index contributed by atoms with van der Waals surface area (Å²) in [6.07, 6.45) is -0.407. The Labute approximate surface area is 288 Å². The van der Waals surface area contributed by atoms with E-state index >= 15 is 0 Å². The number of hydrogen-bond donors (Lipinski definition) is 2. The molecule has 4 rings (SSSR count). The zero-order valence-corrected chi connectivity index (χ0v) is 28.8. The number of nitro groups is 1. The molecule has 0 saturated heterocycles. The van der Waals surface area contributed by atoms with E-state index in [1.54, 1.807) is 33.8 Å². The van der Waals surface area contributed by atoms with Gasteiger partial charge in [-0.3, -0.25) is 15.0 Å². The van der Waals surface area contributed by atoms with Gasteiger partial charge in [0.2, 0.25) is 0 Å². The first-order valence-corrected chi connectivity index (χ1v) is 16.5. The minimum Gasteiger partial charge on any atom is -0.492 e. The Kier molecular flexibility index (Phi) is 13.5. The molecule has 260 valence electrons. The van der Waals surface area contributed by atoms with E-state index in [0.29, 0.717) is 36.7 Å². The highest BCUT2D eigenvalue weighted by Crippen LogP contribution is 2.40. The molecule has 1 aliphatic heterocycles. The third-order valence-corrected chi connectivity index (χ3v) is 8.13. The molecule has 2 atom stereocenters. The predicted molar refractivity (Wildman–Crippen MR) is 188 cm³/mol. The summed E-state index contributed by atoms with van der Waals surface area (Å²) >= 11 is 0. The number of esters is 2. The molecular weight excluding hydrogens is 624 g/mol. The van der Waals surface area contributed by atoms with Crippen LogP contribution in [-0.4, -0.2) is 66.8 Å². The summed E-state index contributed by atoms with van der Waals surface area (Å²) in [5, 5.41) is 18.1. The number of nitrogens with zero attached hydrogens (tertiary/aromatic N) is 2. The molecule has 1 aliphatic rings. The van der Waals surface area contributed by atoms with Gasteiger partial charge in [-0.25, -0.2) is 9.59 Å². The lowest BCUT2D eigenvalue weighted by Crippen LogP contribution is -2.41. The van der Waals surface area contributed by atoms with Crippen molar-refractivity contribution >= 4 is 17.6 Å². The Morgan fingerprint density at radius 2 is 1.55 bits per heavy atom. The van der Waals surface area contributed by atoms with Gasteiger partial charge in [0, 0.05) is 55.7 Å². The minimum atomic E-state index is -0.918. The number of rotatable bonds is 17. The molecule has 2 unspecified atom stereocenters. The number of dihydropyridines is 1. The fraction of sp³-hybridized carbons (Fsp3) is 0.368. The van der Waals surface area contributed by atoms with E-state index in [9.17, 15) is 19.7 Å². The highest BCUT2D eigenvalue weighted by Gasteiger charge is 2.38. The largest absolute Gasteiger partial charge is 0.492 e. The second-order valence-corrected chi connectivity index (χ2v) is 12.3. The molecule has 0 fully saturated rings. The average Bonchev–Trinajstić information content (AvgIpc) is 3.08. The first-order valence-electron chi connectivity index (χ1n) is 16.5. The zero-order valence-electron chi connectivity index (χ0n) is 28.8. The van der Waals surface area contributed by atoms with Crippen LogP contribution in [0.1, 0.15) is 51.7 Å². The van der Waals surface area contributed by atoms with E-state index in [4.69, 9.17) is 14.2 Å². The van der Waals surface area contributed by atoms with Crippen LogP contribution in [0.3, 0.4) is 0 Å². The van der Waals surface area contributed by atoms with Gasteiger partial charge in [-0.05, 0) is 57.9 Å². The normalized spacial score (nSPS) is 15.2. The van der Waals surface area contributed by atoms with Crippen LogP contribution >= 0.6 is 0 Å². The second-order valence-electron chi connectivity index (χ2n) is 12.3. The maximum atomic E-state index is 13.7. The summed E-state index contributed by atoms with van der Waals surface area (Å²) in [4.78, 5) is 40.4. The number of benzene rings is 3. The summed E-state index contributed by atoms with van der Waals surface area (Å²) < 4.78 is 17.3. The third kappa shape index (κ3) is 10.5. The molecule has 0 aliphatic carbocycles. The Morgan fingerprint density at radius 3 is 2.20 bits per heavy atom. The fourth-order valence-electron chi connectivity index (χ4n) is 5.72. The van der Waals surface area contributed by atoms with Crippen LogP contribution < -0.4 is 15.4 Å². The zero-order chi connectivity index (χ0) is 35.3. The molecule has 0 bridgehead atoms. The highest BCUT2D eigenvalue weighted by molar-refractivity contribution is 6.00. The van der Waals surface area contributed by atoms with E-state index in [1.165, 1.54) is 23.8 Å².